The van der Waals surface area contributed by atoms with E-state index < -0.39 is 0 Å². The van der Waals surface area contributed by atoms with E-state index >= 15 is 0 Å². The summed E-state index contributed by atoms with van der Waals surface area (Å²) in [7, 11) is 0. The molecule has 2 heterocycles. The second-order valence-electron chi connectivity index (χ2n) is 5.81. The molecule has 3 nitrogen and oxygen atoms in total. The number of rotatable bonds is 3. The number of benzene rings is 1. The molecule has 19 heavy (non-hydrogen) atoms. The minimum atomic E-state index is 0.130. The number of hydrogen-bond donors (Lipinski definition) is 1. The maximum atomic E-state index is 9.05. The van der Waals surface area contributed by atoms with E-state index in [1.807, 2.05) is 12.1 Å². The van der Waals surface area contributed by atoms with Crippen molar-refractivity contribution in [3.8, 4) is 0 Å². The monoisotopic (exact) mass is 261 g/mol. The molecule has 3 rings (SSSR count). The van der Waals surface area contributed by atoms with E-state index in [0.29, 0.717) is 6.10 Å². The van der Waals surface area contributed by atoms with Gasteiger partial charge in [0.2, 0.25) is 0 Å². The van der Waals surface area contributed by atoms with Crippen molar-refractivity contribution in [2.75, 3.05) is 19.7 Å². The summed E-state index contributed by atoms with van der Waals surface area (Å²) in [6.07, 6.45) is 4.24. The summed E-state index contributed by atoms with van der Waals surface area (Å²) < 4.78 is 5.86. The first-order valence-corrected chi connectivity index (χ1v) is 7.38. The SMILES string of the molecule is OCc1ccc(CN2CCC3OCCCC3C2)cc1. The van der Waals surface area contributed by atoms with Crippen LogP contribution in [0.4, 0.5) is 0 Å². The zero-order chi connectivity index (χ0) is 13.1. The maximum absolute atomic E-state index is 9.05. The Labute approximate surface area is 115 Å². The van der Waals surface area contributed by atoms with Gasteiger partial charge in [-0.3, -0.25) is 4.90 Å². The van der Waals surface area contributed by atoms with Crippen molar-refractivity contribution in [3.05, 3.63) is 35.4 Å². The summed E-state index contributed by atoms with van der Waals surface area (Å²) in [6.45, 7) is 4.43. The second kappa shape index (κ2) is 6.04. The number of aliphatic hydroxyl groups is 1. The van der Waals surface area contributed by atoms with Crippen molar-refractivity contribution in [1.82, 2.24) is 4.90 Å². The zero-order valence-corrected chi connectivity index (χ0v) is 11.4. The fourth-order valence-corrected chi connectivity index (χ4v) is 3.31. The number of fused-ring (bicyclic) bond motifs is 1. The molecule has 0 radical (unpaired) electrons. The van der Waals surface area contributed by atoms with Crippen LogP contribution in [0.2, 0.25) is 0 Å². The van der Waals surface area contributed by atoms with Crippen LogP contribution in [-0.4, -0.2) is 35.8 Å². The van der Waals surface area contributed by atoms with Crippen LogP contribution in [0.15, 0.2) is 24.3 Å². The average molecular weight is 261 g/mol. The van der Waals surface area contributed by atoms with Gasteiger partial charge in [0.1, 0.15) is 0 Å². The molecular formula is C16H23NO2. The van der Waals surface area contributed by atoms with Gasteiger partial charge in [0, 0.05) is 26.2 Å². The molecule has 0 bridgehead atoms. The lowest BCUT2D eigenvalue weighted by Crippen LogP contribution is -2.45. The Morgan fingerprint density at radius 3 is 2.74 bits per heavy atom. The highest BCUT2D eigenvalue weighted by molar-refractivity contribution is 5.21. The molecule has 2 aliphatic heterocycles. The number of ether oxygens (including phenoxy) is 1. The second-order valence-corrected chi connectivity index (χ2v) is 5.81. The Balaban J connectivity index is 1.57. The van der Waals surface area contributed by atoms with Crippen LogP contribution < -0.4 is 0 Å². The molecule has 0 amide bonds. The van der Waals surface area contributed by atoms with Crippen LogP contribution in [-0.2, 0) is 17.9 Å². The topological polar surface area (TPSA) is 32.7 Å². The number of nitrogens with zero attached hydrogens (tertiary/aromatic N) is 1. The van der Waals surface area contributed by atoms with Gasteiger partial charge in [0.15, 0.2) is 0 Å². The Morgan fingerprint density at radius 2 is 1.95 bits per heavy atom. The fraction of sp³-hybridized carbons (Fsp3) is 0.625. The molecule has 3 heteroatoms. The van der Waals surface area contributed by atoms with Crippen LogP contribution >= 0.6 is 0 Å². The van der Waals surface area contributed by atoms with Gasteiger partial charge in [-0.25, -0.2) is 0 Å². The van der Waals surface area contributed by atoms with Crippen LogP contribution in [0, 0.1) is 5.92 Å². The minimum absolute atomic E-state index is 0.130. The van der Waals surface area contributed by atoms with Crippen molar-refractivity contribution in [2.45, 2.75) is 38.5 Å². The number of aliphatic hydroxyl groups excluding tert-OH is 1. The number of piperidine rings is 1. The normalized spacial score (nSPS) is 28.1. The van der Waals surface area contributed by atoms with Crippen molar-refractivity contribution in [1.29, 1.82) is 0 Å². The van der Waals surface area contributed by atoms with Crippen molar-refractivity contribution in [3.63, 3.8) is 0 Å². The summed E-state index contributed by atoms with van der Waals surface area (Å²) in [6, 6.07) is 8.31. The van der Waals surface area contributed by atoms with Crippen LogP contribution in [0.3, 0.4) is 0 Å². The molecule has 0 aromatic heterocycles. The van der Waals surface area contributed by atoms with Gasteiger partial charge in [-0.05, 0) is 36.3 Å². The van der Waals surface area contributed by atoms with Gasteiger partial charge in [-0.2, -0.15) is 0 Å². The summed E-state index contributed by atoms with van der Waals surface area (Å²) in [5.41, 5.74) is 2.33. The van der Waals surface area contributed by atoms with Crippen LogP contribution in [0.25, 0.3) is 0 Å². The first kappa shape index (κ1) is 13.1. The number of likely N-dealkylation sites (tertiary alicyclic amines) is 1. The first-order valence-electron chi connectivity index (χ1n) is 7.38. The highest BCUT2D eigenvalue weighted by atomic mass is 16.5. The molecule has 2 atom stereocenters. The van der Waals surface area contributed by atoms with E-state index in [9.17, 15) is 0 Å². The lowest BCUT2D eigenvalue weighted by atomic mass is 9.88. The van der Waals surface area contributed by atoms with Crippen LogP contribution in [0.5, 0.6) is 0 Å². The van der Waals surface area contributed by atoms with E-state index in [1.165, 1.54) is 31.4 Å². The van der Waals surface area contributed by atoms with Gasteiger partial charge >= 0.3 is 0 Å². The van der Waals surface area contributed by atoms with Crippen LogP contribution in [0.1, 0.15) is 30.4 Å². The third kappa shape index (κ3) is 3.16. The summed E-state index contributed by atoms with van der Waals surface area (Å²) in [5.74, 6) is 0.735. The quantitative estimate of drug-likeness (QED) is 0.905. The molecule has 2 unspecified atom stereocenters. The Morgan fingerprint density at radius 1 is 1.16 bits per heavy atom. The molecule has 2 aliphatic rings. The highest BCUT2D eigenvalue weighted by Gasteiger charge is 2.31. The van der Waals surface area contributed by atoms with E-state index in [0.717, 1.165) is 31.2 Å². The van der Waals surface area contributed by atoms with Crippen molar-refractivity contribution in [2.24, 2.45) is 5.92 Å². The van der Waals surface area contributed by atoms with Gasteiger partial charge < -0.3 is 9.84 Å². The minimum Gasteiger partial charge on any atom is -0.392 e. The summed E-state index contributed by atoms with van der Waals surface area (Å²) in [4.78, 5) is 2.55. The Hall–Kier alpha value is -0.900. The molecule has 0 saturated carbocycles. The zero-order valence-electron chi connectivity index (χ0n) is 11.4. The maximum Gasteiger partial charge on any atom is 0.0681 e. The van der Waals surface area contributed by atoms with Gasteiger partial charge in [0.25, 0.3) is 0 Å². The predicted octanol–water partition coefficient (Wildman–Crippen LogP) is 2.18. The smallest absolute Gasteiger partial charge is 0.0681 e. The lowest BCUT2D eigenvalue weighted by molar-refractivity contribution is -0.0676. The Kier molecular flexibility index (Phi) is 4.16. The largest absolute Gasteiger partial charge is 0.392 e. The highest BCUT2D eigenvalue weighted by Crippen LogP contribution is 2.28. The van der Waals surface area contributed by atoms with Crippen molar-refractivity contribution >= 4 is 0 Å². The predicted molar refractivity (Wildman–Crippen MR) is 74.7 cm³/mol. The Bertz CT molecular complexity index is 404. The third-order valence-electron chi connectivity index (χ3n) is 4.41. The molecule has 2 fully saturated rings. The molecule has 104 valence electrons. The van der Waals surface area contributed by atoms with E-state index in [1.54, 1.807) is 0 Å². The van der Waals surface area contributed by atoms with Crippen molar-refractivity contribution < 1.29 is 9.84 Å². The summed E-state index contributed by atoms with van der Waals surface area (Å²) >= 11 is 0. The molecule has 1 aromatic rings. The molecule has 2 saturated heterocycles. The van der Waals surface area contributed by atoms with Gasteiger partial charge in [-0.1, -0.05) is 24.3 Å². The summed E-state index contributed by atoms with van der Waals surface area (Å²) in [5, 5.41) is 9.05. The lowest BCUT2D eigenvalue weighted by Gasteiger charge is -2.41. The molecule has 1 aromatic carbocycles. The molecular weight excluding hydrogens is 238 g/mol. The van der Waals surface area contributed by atoms with E-state index in [-0.39, 0.29) is 6.61 Å². The number of hydrogen-bond acceptors (Lipinski definition) is 3. The van der Waals surface area contributed by atoms with E-state index in [4.69, 9.17) is 9.84 Å². The fourth-order valence-electron chi connectivity index (χ4n) is 3.31. The van der Waals surface area contributed by atoms with Gasteiger partial charge in [0.05, 0.1) is 12.7 Å². The third-order valence-corrected chi connectivity index (χ3v) is 4.41. The van der Waals surface area contributed by atoms with E-state index in [2.05, 4.69) is 17.0 Å². The molecule has 0 spiro atoms. The average Bonchev–Trinajstić information content (AvgIpc) is 2.48. The molecule has 1 N–H and O–H groups in total. The molecule has 0 aliphatic carbocycles. The first-order chi connectivity index (χ1) is 9.35. The standard InChI is InChI=1S/C16H23NO2/c18-12-14-5-3-13(4-6-14)10-17-8-7-16-15(11-17)2-1-9-19-16/h3-6,15-16,18H,1-2,7-12H2. The van der Waals surface area contributed by atoms with Gasteiger partial charge in [-0.15, -0.1) is 0 Å².